The van der Waals surface area contributed by atoms with Gasteiger partial charge in [-0.15, -0.1) is 0 Å². The van der Waals surface area contributed by atoms with Crippen molar-refractivity contribution in [1.29, 1.82) is 5.26 Å². The van der Waals surface area contributed by atoms with Gasteiger partial charge >= 0.3 is 0 Å². The highest BCUT2D eigenvalue weighted by atomic mass is 16.5. The van der Waals surface area contributed by atoms with Crippen LogP contribution in [-0.4, -0.2) is 21.3 Å². The van der Waals surface area contributed by atoms with Gasteiger partial charge in [-0.2, -0.15) is 5.26 Å². The Bertz CT molecular complexity index is 910. The number of methoxy groups -OCH3 is 3. The molecule has 0 N–H and O–H groups in total. The molecule has 3 aromatic carbocycles. The Morgan fingerprint density at radius 3 is 2.18 bits per heavy atom. The van der Waals surface area contributed by atoms with Crippen molar-refractivity contribution in [3.8, 4) is 23.3 Å². The first-order chi connectivity index (χ1) is 10.7. The molecule has 0 unspecified atom stereocenters. The molecule has 0 saturated carbocycles. The molecule has 0 aliphatic heterocycles. The van der Waals surface area contributed by atoms with Crippen LogP contribution in [0.15, 0.2) is 36.4 Å². The molecule has 0 heterocycles. The third-order valence-electron chi connectivity index (χ3n) is 3.77. The van der Waals surface area contributed by atoms with Crippen molar-refractivity contribution in [3.05, 3.63) is 42.0 Å². The summed E-state index contributed by atoms with van der Waals surface area (Å²) in [6.45, 7) is 0. The molecule has 0 atom stereocenters. The van der Waals surface area contributed by atoms with Gasteiger partial charge < -0.3 is 14.2 Å². The molecule has 0 amide bonds. The first-order valence-electron chi connectivity index (χ1n) is 6.78. The third-order valence-corrected chi connectivity index (χ3v) is 3.77. The van der Waals surface area contributed by atoms with E-state index < -0.39 is 0 Å². The van der Waals surface area contributed by atoms with Gasteiger partial charge in [-0.25, -0.2) is 0 Å². The molecule has 0 fully saturated rings. The zero-order valence-corrected chi connectivity index (χ0v) is 12.6. The van der Waals surface area contributed by atoms with E-state index in [0.717, 1.165) is 27.3 Å². The highest BCUT2D eigenvalue weighted by molar-refractivity contribution is 6.13. The van der Waals surface area contributed by atoms with Gasteiger partial charge in [-0.1, -0.05) is 6.07 Å². The highest BCUT2D eigenvalue weighted by Crippen LogP contribution is 2.39. The first kappa shape index (κ1) is 14.0. The Balaban J connectivity index is 2.55. The Morgan fingerprint density at radius 1 is 0.818 bits per heavy atom. The maximum absolute atomic E-state index is 9.47. The van der Waals surface area contributed by atoms with Crippen molar-refractivity contribution in [2.75, 3.05) is 21.3 Å². The molecule has 3 rings (SSSR count). The smallest absolute Gasteiger partial charge is 0.131 e. The van der Waals surface area contributed by atoms with E-state index in [1.807, 2.05) is 36.4 Å². The number of nitrogens with zero attached hydrogens (tertiary/aromatic N) is 1. The second-order valence-electron chi connectivity index (χ2n) is 4.88. The first-order valence-corrected chi connectivity index (χ1v) is 6.78. The average Bonchev–Trinajstić information content (AvgIpc) is 2.59. The van der Waals surface area contributed by atoms with E-state index in [2.05, 4.69) is 6.07 Å². The van der Waals surface area contributed by atoms with Gasteiger partial charge in [0.05, 0.1) is 33.0 Å². The summed E-state index contributed by atoms with van der Waals surface area (Å²) in [6.07, 6.45) is 0. The van der Waals surface area contributed by atoms with Crippen LogP contribution >= 0.6 is 0 Å². The number of fused-ring (bicyclic) bond motifs is 3. The monoisotopic (exact) mass is 293 g/mol. The van der Waals surface area contributed by atoms with Crippen LogP contribution in [0.3, 0.4) is 0 Å². The molecule has 0 aromatic heterocycles. The minimum absolute atomic E-state index is 0.588. The van der Waals surface area contributed by atoms with E-state index in [-0.39, 0.29) is 0 Å². The van der Waals surface area contributed by atoms with Crippen LogP contribution in [0.2, 0.25) is 0 Å². The van der Waals surface area contributed by atoms with E-state index in [1.165, 1.54) is 0 Å². The largest absolute Gasteiger partial charge is 0.497 e. The lowest BCUT2D eigenvalue weighted by Crippen LogP contribution is -1.92. The lowest BCUT2D eigenvalue weighted by atomic mass is 9.96. The molecular formula is C18H15NO3. The van der Waals surface area contributed by atoms with Crippen LogP contribution in [-0.2, 0) is 0 Å². The lowest BCUT2D eigenvalue weighted by molar-refractivity contribution is 0.398. The summed E-state index contributed by atoms with van der Waals surface area (Å²) in [5.74, 6) is 2.09. The summed E-state index contributed by atoms with van der Waals surface area (Å²) in [6, 6.07) is 13.6. The van der Waals surface area contributed by atoms with Crippen LogP contribution in [0.25, 0.3) is 21.5 Å². The zero-order valence-electron chi connectivity index (χ0n) is 12.6. The van der Waals surface area contributed by atoms with Crippen molar-refractivity contribution in [3.63, 3.8) is 0 Å². The van der Waals surface area contributed by atoms with Crippen molar-refractivity contribution in [1.82, 2.24) is 0 Å². The number of hydrogen-bond donors (Lipinski definition) is 0. The normalized spacial score (nSPS) is 10.5. The van der Waals surface area contributed by atoms with Crippen LogP contribution in [0.4, 0.5) is 0 Å². The molecule has 110 valence electrons. The lowest BCUT2D eigenvalue weighted by Gasteiger charge is -2.13. The molecule has 0 radical (unpaired) electrons. The van der Waals surface area contributed by atoms with Gasteiger partial charge in [-0.3, -0.25) is 0 Å². The molecule has 3 aromatic rings. The van der Waals surface area contributed by atoms with Crippen LogP contribution in [0, 0.1) is 11.3 Å². The minimum atomic E-state index is 0.588. The highest BCUT2D eigenvalue weighted by Gasteiger charge is 2.14. The summed E-state index contributed by atoms with van der Waals surface area (Å²) < 4.78 is 16.1. The summed E-state index contributed by atoms with van der Waals surface area (Å²) in [5, 5.41) is 13.1. The van der Waals surface area contributed by atoms with Gasteiger partial charge in [0.2, 0.25) is 0 Å². The molecule has 22 heavy (non-hydrogen) atoms. The maximum Gasteiger partial charge on any atom is 0.131 e. The van der Waals surface area contributed by atoms with Crippen molar-refractivity contribution in [2.24, 2.45) is 0 Å². The van der Waals surface area contributed by atoms with Crippen LogP contribution < -0.4 is 14.2 Å². The summed E-state index contributed by atoms with van der Waals surface area (Å²) in [5.41, 5.74) is 0.588. The van der Waals surface area contributed by atoms with Crippen molar-refractivity contribution in [2.45, 2.75) is 0 Å². The van der Waals surface area contributed by atoms with Gasteiger partial charge in [-0.05, 0) is 35.0 Å². The van der Waals surface area contributed by atoms with E-state index in [9.17, 15) is 5.26 Å². The quantitative estimate of drug-likeness (QED) is 0.687. The van der Waals surface area contributed by atoms with Gasteiger partial charge in [0.25, 0.3) is 0 Å². The minimum Gasteiger partial charge on any atom is -0.497 e. The second-order valence-corrected chi connectivity index (χ2v) is 4.88. The molecule has 0 aliphatic rings. The number of hydrogen-bond acceptors (Lipinski definition) is 4. The summed E-state index contributed by atoms with van der Waals surface area (Å²) in [7, 11) is 4.84. The van der Waals surface area contributed by atoms with E-state index in [4.69, 9.17) is 14.2 Å². The standard InChI is InChI=1S/C18H15NO3/c1-20-13-5-4-11-6-12(10-19)16-8-14(21-2)9-17(22-3)18(16)15(11)7-13/h4-9H,1-3H3. The molecule has 0 spiro atoms. The maximum atomic E-state index is 9.47. The molecule has 0 saturated heterocycles. The fourth-order valence-corrected chi connectivity index (χ4v) is 2.69. The van der Waals surface area contributed by atoms with E-state index in [0.29, 0.717) is 17.1 Å². The predicted molar refractivity (Wildman–Crippen MR) is 85.8 cm³/mol. The number of ether oxygens (including phenoxy) is 3. The average molecular weight is 293 g/mol. The van der Waals surface area contributed by atoms with Crippen LogP contribution in [0.1, 0.15) is 5.56 Å². The fourth-order valence-electron chi connectivity index (χ4n) is 2.69. The fraction of sp³-hybridized carbons (Fsp3) is 0.167. The Kier molecular flexibility index (Phi) is 3.48. The van der Waals surface area contributed by atoms with E-state index >= 15 is 0 Å². The summed E-state index contributed by atoms with van der Waals surface area (Å²) >= 11 is 0. The Labute approximate surface area is 128 Å². The third kappa shape index (κ3) is 2.08. The number of nitriles is 1. The topological polar surface area (TPSA) is 51.5 Å². The van der Waals surface area contributed by atoms with Crippen molar-refractivity contribution >= 4 is 21.5 Å². The Hall–Kier alpha value is -2.93. The number of benzene rings is 3. The second kappa shape index (κ2) is 5.45. The van der Waals surface area contributed by atoms with Crippen LogP contribution in [0.5, 0.6) is 17.2 Å². The molecule has 0 aliphatic carbocycles. The summed E-state index contributed by atoms with van der Waals surface area (Å²) in [4.78, 5) is 0. The van der Waals surface area contributed by atoms with Gasteiger partial charge in [0.1, 0.15) is 17.2 Å². The van der Waals surface area contributed by atoms with E-state index in [1.54, 1.807) is 21.3 Å². The molecule has 4 heteroatoms. The predicted octanol–water partition coefficient (Wildman–Crippen LogP) is 3.89. The Morgan fingerprint density at radius 2 is 1.55 bits per heavy atom. The SMILES string of the molecule is COc1cc(OC)c2c(c1)c(C#N)cc1ccc(OC)cc12. The number of rotatable bonds is 3. The zero-order chi connectivity index (χ0) is 15.7. The molecule has 4 nitrogen and oxygen atoms in total. The van der Waals surface area contributed by atoms with Gasteiger partial charge in [0.15, 0.2) is 0 Å². The molecule has 0 bridgehead atoms. The van der Waals surface area contributed by atoms with Crippen molar-refractivity contribution < 1.29 is 14.2 Å². The van der Waals surface area contributed by atoms with Gasteiger partial charge in [0, 0.05) is 16.8 Å². The molecular weight excluding hydrogens is 278 g/mol.